The molecule has 0 unspecified atom stereocenters. The predicted molar refractivity (Wildman–Crippen MR) is 121 cm³/mol. The Morgan fingerprint density at radius 3 is 2.42 bits per heavy atom. The van der Waals surface area contributed by atoms with Crippen molar-refractivity contribution >= 4 is 52.1 Å². The molecule has 0 bridgehead atoms. The first-order valence-corrected chi connectivity index (χ1v) is 10.6. The maximum absolute atomic E-state index is 12.7. The SMILES string of the molecule is COc1c(Cl)cc(OCC=C(Cl)Cl)cc1/C(C)=N/OCCOc1ncc(C(F)(F)F)cc1Cl. The van der Waals surface area contributed by atoms with Crippen molar-refractivity contribution in [3.8, 4) is 17.4 Å². The number of alkyl halides is 3. The van der Waals surface area contributed by atoms with Gasteiger partial charge in [-0.1, -0.05) is 51.6 Å². The van der Waals surface area contributed by atoms with Gasteiger partial charge in [0.15, 0.2) is 6.61 Å². The van der Waals surface area contributed by atoms with Crippen molar-refractivity contribution in [3.63, 3.8) is 0 Å². The first kappa shape index (κ1) is 27.2. The van der Waals surface area contributed by atoms with Crippen LogP contribution in [0.4, 0.5) is 13.2 Å². The van der Waals surface area contributed by atoms with E-state index in [1.807, 2.05) is 0 Å². The second kappa shape index (κ2) is 12.4. The van der Waals surface area contributed by atoms with E-state index < -0.39 is 11.7 Å². The summed E-state index contributed by atoms with van der Waals surface area (Å²) in [6, 6.07) is 3.93. The Bertz CT molecular complexity index is 1030. The summed E-state index contributed by atoms with van der Waals surface area (Å²) in [4.78, 5) is 8.78. The van der Waals surface area contributed by atoms with E-state index in [1.54, 1.807) is 19.1 Å². The summed E-state index contributed by atoms with van der Waals surface area (Å²) in [5.74, 6) is 0.623. The lowest BCUT2D eigenvalue weighted by Gasteiger charge is -2.13. The molecule has 0 atom stereocenters. The summed E-state index contributed by atoms with van der Waals surface area (Å²) in [6.07, 6.45) is -2.46. The highest BCUT2D eigenvalue weighted by atomic mass is 35.5. The average Bonchev–Trinajstić information content (AvgIpc) is 2.73. The zero-order chi connectivity index (χ0) is 24.6. The lowest BCUT2D eigenvalue weighted by molar-refractivity contribution is -0.137. The van der Waals surface area contributed by atoms with Crippen molar-refractivity contribution in [1.29, 1.82) is 0 Å². The van der Waals surface area contributed by atoms with Crippen LogP contribution in [-0.4, -0.2) is 37.6 Å². The Hall–Kier alpha value is -2.07. The number of halogens is 7. The molecule has 180 valence electrons. The minimum Gasteiger partial charge on any atom is -0.494 e. The maximum atomic E-state index is 12.7. The summed E-state index contributed by atoms with van der Waals surface area (Å²) in [7, 11) is 1.45. The van der Waals surface area contributed by atoms with Gasteiger partial charge in [-0.25, -0.2) is 4.98 Å². The Morgan fingerprint density at radius 2 is 1.82 bits per heavy atom. The summed E-state index contributed by atoms with van der Waals surface area (Å²) < 4.78 is 54.1. The fourth-order valence-electron chi connectivity index (χ4n) is 2.38. The zero-order valence-corrected chi connectivity index (χ0v) is 20.2. The highest BCUT2D eigenvalue weighted by molar-refractivity contribution is 6.55. The fraction of sp³-hybridized carbons (Fsp3) is 0.300. The van der Waals surface area contributed by atoms with Crippen molar-refractivity contribution in [2.24, 2.45) is 5.16 Å². The van der Waals surface area contributed by atoms with E-state index in [0.717, 1.165) is 6.07 Å². The van der Waals surface area contributed by atoms with Crippen LogP contribution in [0.15, 0.2) is 40.1 Å². The minimum atomic E-state index is -4.55. The van der Waals surface area contributed by atoms with Crippen molar-refractivity contribution in [1.82, 2.24) is 4.98 Å². The molecule has 2 rings (SSSR count). The van der Waals surface area contributed by atoms with E-state index >= 15 is 0 Å². The number of hydrogen-bond acceptors (Lipinski definition) is 6. The van der Waals surface area contributed by atoms with Gasteiger partial charge in [-0.15, -0.1) is 0 Å². The first-order valence-electron chi connectivity index (χ1n) is 9.07. The molecular weight excluding hydrogens is 531 g/mol. The molecule has 0 aliphatic rings. The summed E-state index contributed by atoms with van der Waals surface area (Å²) >= 11 is 23.1. The summed E-state index contributed by atoms with van der Waals surface area (Å²) in [5, 5.41) is 3.99. The molecule has 2 aromatic rings. The van der Waals surface area contributed by atoms with Crippen LogP contribution in [0.1, 0.15) is 18.1 Å². The van der Waals surface area contributed by atoms with E-state index in [4.69, 9.17) is 65.5 Å². The van der Waals surface area contributed by atoms with Crippen molar-refractivity contribution in [2.45, 2.75) is 13.1 Å². The van der Waals surface area contributed by atoms with Crippen LogP contribution >= 0.6 is 46.4 Å². The summed E-state index contributed by atoms with van der Waals surface area (Å²) in [5.41, 5.74) is -0.0537. The first-order chi connectivity index (χ1) is 15.5. The highest BCUT2D eigenvalue weighted by Gasteiger charge is 2.31. The van der Waals surface area contributed by atoms with Gasteiger partial charge in [0.25, 0.3) is 0 Å². The average molecular weight is 548 g/mol. The Kier molecular flexibility index (Phi) is 10.2. The van der Waals surface area contributed by atoms with Crippen LogP contribution in [-0.2, 0) is 11.0 Å². The van der Waals surface area contributed by atoms with Crippen molar-refractivity contribution in [2.75, 3.05) is 26.9 Å². The second-order valence-corrected chi connectivity index (χ2v) is 7.98. The largest absolute Gasteiger partial charge is 0.494 e. The van der Waals surface area contributed by atoms with Crippen LogP contribution < -0.4 is 14.2 Å². The maximum Gasteiger partial charge on any atom is 0.417 e. The van der Waals surface area contributed by atoms with Gasteiger partial charge < -0.3 is 19.0 Å². The smallest absolute Gasteiger partial charge is 0.417 e. The quantitative estimate of drug-likeness (QED) is 0.183. The minimum absolute atomic E-state index is 0.0401. The number of ether oxygens (including phenoxy) is 3. The van der Waals surface area contributed by atoms with Crippen molar-refractivity contribution < 1.29 is 32.2 Å². The van der Waals surface area contributed by atoms with Gasteiger partial charge in [0.2, 0.25) is 5.88 Å². The number of nitrogens with zero attached hydrogens (tertiary/aromatic N) is 2. The molecule has 0 saturated heterocycles. The lowest BCUT2D eigenvalue weighted by atomic mass is 10.1. The number of benzene rings is 1. The monoisotopic (exact) mass is 546 g/mol. The van der Waals surface area contributed by atoms with Crippen LogP contribution in [0.3, 0.4) is 0 Å². The van der Waals surface area contributed by atoms with E-state index in [2.05, 4.69) is 10.1 Å². The number of rotatable bonds is 10. The molecule has 0 aliphatic heterocycles. The van der Waals surface area contributed by atoms with Crippen LogP contribution in [0.25, 0.3) is 0 Å². The number of pyridine rings is 1. The lowest BCUT2D eigenvalue weighted by Crippen LogP contribution is -2.09. The Morgan fingerprint density at radius 1 is 1.09 bits per heavy atom. The van der Waals surface area contributed by atoms with Crippen LogP contribution in [0.2, 0.25) is 10.0 Å². The number of hydrogen-bond donors (Lipinski definition) is 0. The molecular formula is C20H17Cl4F3N2O4. The van der Waals surface area contributed by atoms with E-state index in [9.17, 15) is 13.2 Å². The molecule has 0 saturated carbocycles. The van der Waals surface area contributed by atoms with E-state index in [0.29, 0.717) is 29.0 Å². The van der Waals surface area contributed by atoms with Gasteiger partial charge in [0.1, 0.15) is 34.2 Å². The predicted octanol–water partition coefficient (Wildman–Crippen LogP) is 6.93. The molecule has 0 radical (unpaired) electrons. The van der Waals surface area contributed by atoms with Gasteiger partial charge >= 0.3 is 6.18 Å². The molecule has 0 fully saturated rings. The van der Waals surface area contributed by atoms with Crippen molar-refractivity contribution in [3.05, 3.63) is 56.1 Å². The Labute approximate surface area is 207 Å². The van der Waals surface area contributed by atoms with Gasteiger partial charge in [-0.2, -0.15) is 13.2 Å². The molecule has 33 heavy (non-hydrogen) atoms. The van der Waals surface area contributed by atoms with Gasteiger partial charge in [0.05, 0.1) is 23.4 Å². The van der Waals surface area contributed by atoms with Gasteiger partial charge in [-0.05, 0) is 25.1 Å². The Balaban J connectivity index is 2.00. The molecule has 0 amide bonds. The molecule has 1 heterocycles. The van der Waals surface area contributed by atoms with E-state index in [-0.39, 0.29) is 40.2 Å². The highest BCUT2D eigenvalue weighted by Crippen LogP contribution is 2.34. The van der Waals surface area contributed by atoms with Crippen LogP contribution in [0, 0.1) is 0 Å². The number of aromatic nitrogens is 1. The normalized spacial score (nSPS) is 11.7. The topological polar surface area (TPSA) is 62.2 Å². The molecule has 6 nitrogen and oxygen atoms in total. The number of methoxy groups -OCH3 is 1. The summed E-state index contributed by atoms with van der Waals surface area (Å²) in [6.45, 7) is 1.67. The van der Waals surface area contributed by atoms with Gasteiger partial charge in [0, 0.05) is 17.8 Å². The molecule has 0 aliphatic carbocycles. The molecule has 0 N–H and O–H groups in total. The standard InChI is InChI=1S/C20H17Cl4F3N2O4/c1-11(14-8-13(31-4-3-17(23)24)9-15(21)18(14)30-2)29-33-6-5-32-19-16(22)7-12(10-28-19)20(25,26)27/h3,7-10H,4-6H2,1-2H3/b29-11+. The second-order valence-electron chi connectivity index (χ2n) is 6.16. The molecule has 1 aromatic heterocycles. The third kappa shape index (κ3) is 8.33. The molecule has 1 aromatic carbocycles. The third-order valence-electron chi connectivity index (χ3n) is 3.85. The van der Waals surface area contributed by atoms with E-state index in [1.165, 1.54) is 13.2 Å². The van der Waals surface area contributed by atoms with Gasteiger partial charge in [-0.3, -0.25) is 0 Å². The fourth-order valence-corrected chi connectivity index (χ4v) is 3.02. The molecule has 13 heteroatoms. The third-order valence-corrected chi connectivity index (χ3v) is 4.71. The number of oxime groups is 1. The molecule has 0 spiro atoms. The zero-order valence-electron chi connectivity index (χ0n) is 17.2. The van der Waals surface area contributed by atoms with Crippen LogP contribution in [0.5, 0.6) is 17.4 Å².